The van der Waals surface area contributed by atoms with Crippen LogP contribution in [0.25, 0.3) is 0 Å². The summed E-state index contributed by atoms with van der Waals surface area (Å²) in [6.07, 6.45) is 6.49. The fourth-order valence-electron chi connectivity index (χ4n) is 4.48. The number of nitrogens with zero attached hydrogens (tertiary/aromatic N) is 3. The molecule has 2 aliphatic rings. The number of aryl methyl sites for hydroxylation is 2. The van der Waals surface area contributed by atoms with Crippen LogP contribution in [-0.2, 0) is 27.7 Å². The highest BCUT2D eigenvalue weighted by Crippen LogP contribution is 2.36. The maximum Gasteiger partial charge on any atom is 0.243 e. The number of carbonyl (C=O) groups is 1. The van der Waals surface area contributed by atoms with Crippen molar-refractivity contribution in [3.63, 3.8) is 0 Å². The first-order chi connectivity index (χ1) is 15.9. The van der Waals surface area contributed by atoms with Gasteiger partial charge < -0.3 is 5.32 Å². The number of hydrogen-bond acceptors (Lipinski definition) is 6. The molecule has 0 spiro atoms. The lowest BCUT2D eigenvalue weighted by molar-refractivity contribution is -0.117. The number of thiophene rings is 1. The zero-order valence-electron chi connectivity index (χ0n) is 19.0. The van der Waals surface area contributed by atoms with Gasteiger partial charge in [0.15, 0.2) is 0 Å². The molecule has 4 rings (SSSR count). The van der Waals surface area contributed by atoms with Gasteiger partial charge in [0.2, 0.25) is 15.9 Å². The average molecular weight is 487 g/mol. The Morgan fingerprint density at radius 3 is 2.39 bits per heavy atom. The summed E-state index contributed by atoms with van der Waals surface area (Å²) in [4.78, 5) is 16.2. The van der Waals surface area contributed by atoms with Gasteiger partial charge in [-0.15, -0.1) is 11.3 Å². The van der Waals surface area contributed by atoms with Crippen molar-refractivity contribution in [3.8, 4) is 6.07 Å². The van der Waals surface area contributed by atoms with Gasteiger partial charge in [0.25, 0.3) is 0 Å². The van der Waals surface area contributed by atoms with Crippen LogP contribution in [0.2, 0.25) is 0 Å². The first-order valence-electron chi connectivity index (χ1n) is 11.5. The minimum atomic E-state index is -3.52. The summed E-state index contributed by atoms with van der Waals surface area (Å²) in [5.74, 6) is -0.157. The second-order valence-electron chi connectivity index (χ2n) is 8.78. The first-order valence-corrected chi connectivity index (χ1v) is 13.8. The van der Waals surface area contributed by atoms with Crippen molar-refractivity contribution in [2.45, 2.75) is 50.3 Å². The molecule has 1 aliphatic heterocycles. The molecule has 1 aliphatic carbocycles. The van der Waals surface area contributed by atoms with Crippen LogP contribution in [0.5, 0.6) is 0 Å². The molecular weight excluding hydrogens is 456 g/mol. The molecule has 1 amide bonds. The van der Waals surface area contributed by atoms with E-state index in [9.17, 15) is 18.5 Å². The number of nitriles is 1. The second kappa shape index (κ2) is 10.3. The summed E-state index contributed by atoms with van der Waals surface area (Å²) in [5, 5.41) is 13.3. The molecule has 33 heavy (non-hydrogen) atoms. The molecule has 2 aromatic rings. The number of carbonyl (C=O) groups excluding carboxylic acids is 1. The highest BCUT2D eigenvalue weighted by Gasteiger charge is 2.29. The molecule has 2 heterocycles. The zero-order valence-corrected chi connectivity index (χ0v) is 20.6. The van der Waals surface area contributed by atoms with Gasteiger partial charge in [-0.25, -0.2) is 8.42 Å². The number of nitrogens with one attached hydrogen (secondary N) is 1. The van der Waals surface area contributed by atoms with E-state index >= 15 is 0 Å². The van der Waals surface area contributed by atoms with Crippen molar-refractivity contribution < 1.29 is 13.2 Å². The molecule has 0 radical (unpaired) electrons. The minimum Gasteiger partial charge on any atom is -0.315 e. The summed E-state index contributed by atoms with van der Waals surface area (Å²) < 4.78 is 27.3. The highest BCUT2D eigenvalue weighted by atomic mass is 32.2. The van der Waals surface area contributed by atoms with E-state index < -0.39 is 10.0 Å². The molecule has 0 bridgehead atoms. The topological polar surface area (TPSA) is 93.5 Å². The molecule has 176 valence electrons. The van der Waals surface area contributed by atoms with E-state index in [1.54, 1.807) is 35.6 Å². The van der Waals surface area contributed by atoms with Gasteiger partial charge >= 0.3 is 0 Å². The molecule has 0 atom stereocenters. The van der Waals surface area contributed by atoms with Crippen LogP contribution in [0.1, 0.15) is 47.3 Å². The lowest BCUT2D eigenvalue weighted by Crippen LogP contribution is -2.50. The molecule has 9 heteroatoms. The SMILES string of the molecule is Cc1ccc(S(=O)(=O)N2CCN(CC(=O)Nc3sc4c(c3C#N)CCCCCC4)CC2)cc1. The number of rotatable bonds is 5. The lowest BCUT2D eigenvalue weighted by Gasteiger charge is -2.33. The molecule has 1 fully saturated rings. The van der Waals surface area contributed by atoms with Crippen LogP contribution in [0.15, 0.2) is 29.2 Å². The summed E-state index contributed by atoms with van der Waals surface area (Å²) in [6.45, 7) is 3.79. The van der Waals surface area contributed by atoms with Crippen molar-refractivity contribution >= 4 is 32.3 Å². The first kappa shape index (κ1) is 23.9. The van der Waals surface area contributed by atoms with Crippen molar-refractivity contribution in [2.75, 3.05) is 38.0 Å². The quantitative estimate of drug-likeness (QED) is 0.698. The number of fused-ring (bicyclic) bond motifs is 1. The largest absolute Gasteiger partial charge is 0.315 e. The Balaban J connectivity index is 1.35. The average Bonchev–Trinajstić information content (AvgIpc) is 3.09. The van der Waals surface area contributed by atoms with E-state index in [1.165, 1.54) is 22.0 Å². The Hall–Kier alpha value is -2.25. The number of amides is 1. The van der Waals surface area contributed by atoms with Gasteiger partial charge in [0.05, 0.1) is 17.0 Å². The Kier molecular flexibility index (Phi) is 7.49. The number of anilines is 1. The normalized spacial score (nSPS) is 18.1. The predicted molar refractivity (Wildman–Crippen MR) is 130 cm³/mol. The zero-order chi connectivity index (χ0) is 23.4. The van der Waals surface area contributed by atoms with Crippen molar-refractivity contribution in [3.05, 3.63) is 45.8 Å². The van der Waals surface area contributed by atoms with E-state index in [4.69, 9.17) is 0 Å². The van der Waals surface area contributed by atoms with Crippen molar-refractivity contribution in [1.29, 1.82) is 5.26 Å². The van der Waals surface area contributed by atoms with E-state index in [0.29, 0.717) is 41.6 Å². The molecule has 1 N–H and O–H groups in total. The Morgan fingerprint density at radius 2 is 1.73 bits per heavy atom. The smallest absolute Gasteiger partial charge is 0.243 e. The number of benzene rings is 1. The summed E-state index contributed by atoms with van der Waals surface area (Å²) in [7, 11) is -3.52. The third-order valence-corrected chi connectivity index (χ3v) is 9.51. The molecule has 0 unspecified atom stereocenters. The third-order valence-electron chi connectivity index (χ3n) is 6.39. The summed E-state index contributed by atoms with van der Waals surface area (Å²) >= 11 is 1.54. The van der Waals surface area contributed by atoms with E-state index in [0.717, 1.165) is 36.8 Å². The number of piperazine rings is 1. The molecule has 1 saturated heterocycles. The van der Waals surface area contributed by atoms with Crippen LogP contribution < -0.4 is 5.32 Å². The van der Waals surface area contributed by atoms with Gasteiger partial charge in [-0.2, -0.15) is 9.57 Å². The molecular formula is C24H30N4O3S2. The van der Waals surface area contributed by atoms with Crippen molar-refractivity contribution in [2.24, 2.45) is 0 Å². The second-order valence-corrected chi connectivity index (χ2v) is 11.8. The fraction of sp³-hybridized carbons (Fsp3) is 0.500. The maximum atomic E-state index is 12.9. The van der Waals surface area contributed by atoms with Gasteiger partial charge in [-0.05, 0) is 50.3 Å². The fourth-order valence-corrected chi connectivity index (χ4v) is 7.16. The molecule has 7 nitrogen and oxygen atoms in total. The standard InChI is InChI=1S/C24H30N4O3S2/c1-18-8-10-19(11-9-18)33(30,31)28-14-12-27(13-15-28)17-23(29)26-24-21(16-25)20-6-4-2-3-5-7-22(20)32-24/h8-11H,2-7,12-15,17H2,1H3,(H,26,29). The summed E-state index contributed by atoms with van der Waals surface area (Å²) in [6, 6.07) is 9.19. The molecule has 1 aromatic carbocycles. The Bertz CT molecular complexity index is 1140. The Morgan fingerprint density at radius 1 is 1.06 bits per heavy atom. The van der Waals surface area contributed by atoms with E-state index in [2.05, 4.69) is 11.4 Å². The minimum absolute atomic E-state index is 0.157. The van der Waals surface area contributed by atoms with Crippen LogP contribution in [0, 0.1) is 18.3 Å². The lowest BCUT2D eigenvalue weighted by atomic mass is 9.97. The van der Waals surface area contributed by atoms with Gasteiger partial charge in [0, 0.05) is 31.1 Å². The highest BCUT2D eigenvalue weighted by molar-refractivity contribution is 7.89. The van der Waals surface area contributed by atoms with E-state index in [1.807, 2.05) is 11.8 Å². The van der Waals surface area contributed by atoms with Crippen LogP contribution in [-0.4, -0.2) is 56.3 Å². The van der Waals surface area contributed by atoms with Gasteiger partial charge in [-0.3, -0.25) is 9.69 Å². The van der Waals surface area contributed by atoms with E-state index in [-0.39, 0.29) is 12.5 Å². The monoisotopic (exact) mass is 486 g/mol. The van der Waals surface area contributed by atoms with Gasteiger partial charge in [-0.1, -0.05) is 30.5 Å². The Labute approximate surface area is 200 Å². The number of sulfonamides is 1. The third kappa shape index (κ3) is 5.46. The van der Waals surface area contributed by atoms with Gasteiger partial charge in [0.1, 0.15) is 11.1 Å². The molecule has 1 aromatic heterocycles. The molecule has 0 saturated carbocycles. The van der Waals surface area contributed by atoms with Crippen molar-refractivity contribution in [1.82, 2.24) is 9.21 Å². The van der Waals surface area contributed by atoms with Crippen LogP contribution in [0.3, 0.4) is 0 Å². The maximum absolute atomic E-state index is 12.9. The van der Waals surface area contributed by atoms with Crippen LogP contribution >= 0.6 is 11.3 Å². The summed E-state index contributed by atoms with van der Waals surface area (Å²) in [5.41, 5.74) is 2.76. The van der Waals surface area contributed by atoms with Crippen LogP contribution in [0.4, 0.5) is 5.00 Å². The number of hydrogen-bond donors (Lipinski definition) is 1. The predicted octanol–water partition coefficient (Wildman–Crippen LogP) is 3.53.